The summed E-state index contributed by atoms with van der Waals surface area (Å²) in [4.78, 5) is 30.4. The fourth-order valence-electron chi connectivity index (χ4n) is 2.98. The number of para-hydroxylation sites is 1. The van der Waals surface area contributed by atoms with Gasteiger partial charge in [0, 0.05) is 30.3 Å². The second-order valence-corrected chi connectivity index (χ2v) is 6.07. The molecule has 1 aliphatic rings. The molecule has 2 heterocycles. The van der Waals surface area contributed by atoms with E-state index in [2.05, 4.69) is 10.3 Å². The molecule has 0 spiro atoms. The number of carbonyl (C=O) groups is 2. The summed E-state index contributed by atoms with van der Waals surface area (Å²) in [6.07, 6.45) is 1.67. The van der Waals surface area contributed by atoms with E-state index in [1.165, 1.54) is 11.8 Å². The highest BCUT2D eigenvalue weighted by Gasteiger charge is 2.20. The highest BCUT2D eigenvalue weighted by atomic mass is 16.7. The molecule has 3 aromatic rings. The normalized spacial score (nSPS) is 12.0. The molecular formula is C20H17N3O4. The Morgan fingerprint density at radius 3 is 2.78 bits per heavy atom. The minimum atomic E-state index is -0.319. The van der Waals surface area contributed by atoms with Gasteiger partial charge in [-0.1, -0.05) is 18.2 Å². The first kappa shape index (κ1) is 16.8. The number of hydrogen-bond acceptors (Lipinski definition) is 5. The molecular weight excluding hydrogens is 346 g/mol. The van der Waals surface area contributed by atoms with E-state index >= 15 is 0 Å². The molecule has 1 aliphatic heterocycles. The summed E-state index contributed by atoms with van der Waals surface area (Å²) in [6, 6.07) is 14.5. The van der Waals surface area contributed by atoms with Gasteiger partial charge in [-0.25, -0.2) is 0 Å². The van der Waals surface area contributed by atoms with Crippen LogP contribution in [0.4, 0.5) is 11.4 Å². The van der Waals surface area contributed by atoms with Crippen LogP contribution in [0.3, 0.4) is 0 Å². The van der Waals surface area contributed by atoms with Crippen molar-refractivity contribution in [1.82, 2.24) is 4.98 Å². The van der Waals surface area contributed by atoms with Gasteiger partial charge < -0.3 is 19.7 Å². The third-order valence-corrected chi connectivity index (χ3v) is 4.26. The molecule has 2 aromatic carbocycles. The number of amides is 2. The number of ether oxygens (including phenoxy) is 2. The van der Waals surface area contributed by atoms with E-state index in [-0.39, 0.29) is 25.2 Å². The number of anilines is 2. The first-order valence-electron chi connectivity index (χ1n) is 8.43. The van der Waals surface area contributed by atoms with E-state index in [1.807, 2.05) is 24.3 Å². The van der Waals surface area contributed by atoms with E-state index in [0.717, 1.165) is 5.39 Å². The average molecular weight is 363 g/mol. The lowest BCUT2D eigenvalue weighted by Gasteiger charge is -2.21. The standard InChI is InChI=1S/C20H17N3O4/c1-13(24)23(15-7-8-17-18(10-15)27-12-26-17)11-19(25)22-16-6-2-4-14-5-3-9-21-20(14)16/h2-10H,11-12H2,1H3,(H,22,25). The van der Waals surface area contributed by atoms with Gasteiger partial charge in [0.1, 0.15) is 6.54 Å². The molecule has 7 heteroatoms. The highest BCUT2D eigenvalue weighted by Crippen LogP contribution is 2.35. The smallest absolute Gasteiger partial charge is 0.244 e. The van der Waals surface area contributed by atoms with Gasteiger partial charge >= 0.3 is 0 Å². The van der Waals surface area contributed by atoms with Gasteiger partial charge in [0.25, 0.3) is 0 Å². The van der Waals surface area contributed by atoms with E-state index in [1.54, 1.807) is 30.5 Å². The van der Waals surface area contributed by atoms with Gasteiger partial charge in [0.05, 0.1) is 11.2 Å². The van der Waals surface area contributed by atoms with Crippen molar-refractivity contribution in [2.75, 3.05) is 23.6 Å². The molecule has 0 atom stereocenters. The Balaban J connectivity index is 1.55. The summed E-state index contributed by atoms with van der Waals surface area (Å²) in [5.74, 6) is 0.604. The number of nitrogens with one attached hydrogen (secondary N) is 1. The van der Waals surface area contributed by atoms with Crippen LogP contribution in [0.5, 0.6) is 11.5 Å². The number of pyridine rings is 1. The van der Waals surface area contributed by atoms with Crippen LogP contribution in [0.25, 0.3) is 10.9 Å². The Morgan fingerprint density at radius 1 is 1.11 bits per heavy atom. The van der Waals surface area contributed by atoms with Crippen LogP contribution < -0.4 is 19.7 Å². The van der Waals surface area contributed by atoms with Crippen molar-refractivity contribution in [3.63, 3.8) is 0 Å². The maximum atomic E-state index is 12.6. The Hall–Kier alpha value is -3.61. The second kappa shape index (κ2) is 6.95. The third-order valence-electron chi connectivity index (χ3n) is 4.26. The SMILES string of the molecule is CC(=O)N(CC(=O)Nc1cccc2cccnc12)c1ccc2c(c1)OCO2. The third kappa shape index (κ3) is 3.39. The number of benzene rings is 2. The predicted molar refractivity (Wildman–Crippen MR) is 101 cm³/mol. The van der Waals surface area contributed by atoms with Gasteiger partial charge in [-0.05, 0) is 24.3 Å². The zero-order valence-electron chi connectivity index (χ0n) is 14.6. The van der Waals surface area contributed by atoms with Crippen molar-refractivity contribution in [1.29, 1.82) is 0 Å². The summed E-state index contributed by atoms with van der Waals surface area (Å²) < 4.78 is 10.6. The van der Waals surface area contributed by atoms with Crippen molar-refractivity contribution in [2.24, 2.45) is 0 Å². The quantitative estimate of drug-likeness (QED) is 0.771. The lowest BCUT2D eigenvalue weighted by Crippen LogP contribution is -2.36. The van der Waals surface area contributed by atoms with Crippen LogP contribution in [0.1, 0.15) is 6.92 Å². The lowest BCUT2D eigenvalue weighted by molar-refractivity contribution is -0.120. The van der Waals surface area contributed by atoms with Gasteiger partial charge in [-0.15, -0.1) is 0 Å². The molecule has 2 amide bonds. The first-order valence-corrected chi connectivity index (χ1v) is 8.43. The summed E-state index contributed by atoms with van der Waals surface area (Å²) in [7, 11) is 0. The lowest BCUT2D eigenvalue weighted by atomic mass is 10.2. The fourth-order valence-corrected chi connectivity index (χ4v) is 2.98. The Morgan fingerprint density at radius 2 is 1.93 bits per heavy atom. The number of rotatable bonds is 4. The van der Waals surface area contributed by atoms with Crippen molar-refractivity contribution in [3.05, 3.63) is 54.7 Å². The number of fused-ring (bicyclic) bond motifs is 2. The highest BCUT2D eigenvalue weighted by molar-refractivity contribution is 6.05. The predicted octanol–water partition coefficient (Wildman–Crippen LogP) is 2.96. The molecule has 0 saturated heterocycles. The second-order valence-electron chi connectivity index (χ2n) is 6.07. The zero-order valence-corrected chi connectivity index (χ0v) is 14.6. The minimum absolute atomic E-state index is 0.127. The average Bonchev–Trinajstić information content (AvgIpc) is 3.14. The van der Waals surface area contributed by atoms with Gasteiger partial charge in [-0.3, -0.25) is 14.6 Å². The van der Waals surface area contributed by atoms with Crippen molar-refractivity contribution in [3.8, 4) is 11.5 Å². The van der Waals surface area contributed by atoms with E-state index < -0.39 is 0 Å². The fraction of sp³-hybridized carbons (Fsp3) is 0.150. The molecule has 1 N–H and O–H groups in total. The molecule has 0 bridgehead atoms. The maximum Gasteiger partial charge on any atom is 0.244 e. The van der Waals surface area contributed by atoms with Crippen LogP contribution in [-0.4, -0.2) is 30.1 Å². The summed E-state index contributed by atoms with van der Waals surface area (Å²) >= 11 is 0. The number of carbonyl (C=O) groups excluding carboxylic acids is 2. The van der Waals surface area contributed by atoms with Crippen molar-refractivity contribution < 1.29 is 19.1 Å². The van der Waals surface area contributed by atoms with Crippen LogP contribution in [0.2, 0.25) is 0 Å². The monoisotopic (exact) mass is 363 g/mol. The molecule has 0 fully saturated rings. The summed E-state index contributed by atoms with van der Waals surface area (Å²) in [5, 5.41) is 3.77. The van der Waals surface area contributed by atoms with Crippen molar-refractivity contribution >= 4 is 34.1 Å². The van der Waals surface area contributed by atoms with Gasteiger partial charge in [0.15, 0.2) is 11.5 Å². The van der Waals surface area contributed by atoms with Crippen LogP contribution >= 0.6 is 0 Å². The van der Waals surface area contributed by atoms with Crippen LogP contribution in [0, 0.1) is 0 Å². The molecule has 1 aromatic heterocycles. The van der Waals surface area contributed by atoms with E-state index in [0.29, 0.717) is 28.4 Å². The number of hydrogen-bond donors (Lipinski definition) is 1. The summed E-state index contributed by atoms with van der Waals surface area (Å²) in [6.45, 7) is 1.43. The molecule has 27 heavy (non-hydrogen) atoms. The van der Waals surface area contributed by atoms with Crippen LogP contribution in [0.15, 0.2) is 54.7 Å². The van der Waals surface area contributed by atoms with Gasteiger partial charge in [-0.2, -0.15) is 0 Å². The number of nitrogens with zero attached hydrogens (tertiary/aromatic N) is 2. The summed E-state index contributed by atoms with van der Waals surface area (Å²) in [5.41, 5.74) is 1.87. The van der Waals surface area contributed by atoms with Gasteiger partial charge in [0.2, 0.25) is 18.6 Å². The molecule has 0 saturated carbocycles. The van der Waals surface area contributed by atoms with Crippen LogP contribution in [-0.2, 0) is 9.59 Å². The molecule has 136 valence electrons. The molecule has 0 unspecified atom stereocenters. The topological polar surface area (TPSA) is 80.8 Å². The van der Waals surface area contributed by atoms with E-state index in [4.69, 9.17) is 9.47 Å². The zero-order chi connectivity index (χ0) is 18.8. The Bertz CT molecular complexity index is 1030. The Kier molecular flexibility index (Phi) is 4.33. The minimum Gasteiger partial charge on any atom is -0.454 e. The molecule has 0 aliphatic carbocycles. The van der Waals surface area contributed by atoms with E-state index in [9.17, 15) is 9.59 Å². The molecule has 7 nitrogen and oxygen atoms in total. The first-order chi connectivity index (χ1) is 13.1. The van der Waals surface area contributed by atoms with Crippen molar-refractivity contribution in [2.45, 2.75) is 6.92 Å². The number of aromatic nitrogens is 1. The molecule has 0 radical (unpaired) electrons. The molecule has 4 rings (SSSR count). The largest absolute Gasteiger partial charge is 0.454 e. The maximum absolute atomic E-state index is 12.6. The Labute approximate surface area is 155 Å².